The summed E-state index contributed by atoms with van der Waals surface area (Å²) in [6.07, 6.45) is 1.52. The first-order valence-electron chi connectivity index (χ1n) is 11.2. The normalized spacial score (nSPS) is 11.2. The van der Waals surface area contributed by atoms with Crippen LogP contribution < -0.4 is 14.9 Å². The predicted molar refractivity (Wildman–Crippen MR) is 141 cm³/mol. The monoisotopic (exact) mass is 499 g/mol. The highest BCUT2D eigenvalue weighted by Gasteiger charge is 2.14. The molecule has 0 aliphatic rings. The smallest absolute Gasteiger partial charge is 0.271 e. The van der Waals surface area contributed by atoms with Gasteiger partial charge in [0.2, 0.25) is 0 Å². The second-order valence-corrected chi connectivity index (χ2v) is 9.69. The first-order chi connectivity index (χ1) is 17.4. The van der Waals surface area contributed by atoms with Crippen LogP contribution in [0.1, 0.15) is 27.0 Å². The summed E-state index contributed by atoms with van der Waals surface area (Å²) < 4.78 is 33.5. The van der Waals surface area contributed by atoms with E-state index in [-0.39, 0.29) is 4.90 Å². The maximum atomic E-state index is 12.5. The van der Waals surface area contributed by atoms with Gasteiger partial charge in [0.1, 0.15) is 12.4 Å². The molecule has 0 unspecified atom stereocenters. The van der Waals surface area contributed by atoms with E-state index in [9.17, 15) is 13.2 Å². The summed E-state index contributed by atoms with van der Waals surface area (Å²) in [5.74, 6) is 0.214. The molecule has 8 heteroatoms. The molecule has 0 atom stereocenters. The molecular formula is C28H25N3O4S. The highest BCUT2D eigenvalue weighted by molar-refractivity contribution is 7.92. The minimum atomic E-state index is -3.72. The number of sulfonamides is 1. The zero-order valence-corrected chi connectivity index (χ0v) is 20.4. The van der Waals surface area contributed by atoms with Crippen molar-refractivity contribution in [2.75, 3.05) is 4.72 Å². The predicted octanol–water partition coefficient (Wildman–Crippen LogP) is 5.14. The Morgan fingerprint density at radius 1 is 0.861 bits per heavy atom. The molecule has 4 rings (SSSR count). The van der Waals surface area contributed by atoms with Crippen LogP contribution in [0.5, 0.6) is 5.75 Å². The largest absolute Gasteiger partial charge is 0.488 e. The van der Waals surface area contributed by atoms with E-state index in [0.717, 1.165) is 16.7 Å². The van der Waals surface area contributed by atoms with Gasteiger partial charge in [-0.15, -0.1) is 0 Å². The average Bonchev–Trinajstić information content (AvgIpc) is 2.89. The third-order valence-corrected chi connectivity index (χ3v) is 6.65. The maximum Gasteiger partial charge on any atom is 0.271 e. The Labute approximate surface area is 210 Å². The van der Waals surface area contributed by atoms with Crippen LogP contribution in [-0.4, -0.2) is 20.5 Å². The lowest BCUT2D eigenvalue weighted by Crippen LogP contribution is -2.18. The van der Waals surface area contributed by atoms with Gasteiger partial charge in [0.05, 0.1) is 11.1 Å². The highest BCUT2D eigenvalue weighted by atomic mass is 32.2. The Balaban J connectivity index is 1.35. The van der Waals surface area contributed by atoms with Gasteiger partial charge in [-0.3, -0.25) is 9.52 Å². The summed E-state index contributed by atoms with van der Waals surface area (Å²) in [6.45, 7) is 2.30. The van der Waals surface area contributed by atoms with E-state index in [1.807, 2.05) is 61.5 Å². The van der Waals surface area contributed by atoms with E-state index in [2.05, 4.69) is 15.2 Å². The third kappa shape index (κ3) is 6.58. The summed E-state index contributed by atoms with van der Waals surface area (Å²) in [4.78, 5) is 12.6. The minimum Gasteiger partial charge on any atom is -0.488 e. The molecule has 7 nitrogen and oxygen atoms in total. The number of rotatable bonds is 9. The number of carbonyl (C=O) groups is 1. The number of ether oxygens (including phenoxy) is 1. The van der Waals surface area contributed by atoms with Crippen LogP contribution in [0.3, 0.4) is 0 Å². The van der Waals surface area contributed by atoms with Crippen molar-refractivity contribution in [1.82, 2.24) is 5.43 Å². The van der Waals surface area contributed by atoms with Gasteiger partial charge in [0.15, 0.2) is 0 Å². The van der Waals surface area contributed by atoms with Crippen molar-refractivity contribution in [2.45, 2.75) is 18.4 Å². The van der Waals surface area contributed by atoms with Crippen LogP contribution in [0.15, 0.2) is 113 Å². The lowest BCUT2D eigenvalue weighted by molar-refractivity contribution is 0.0955. The van der Waals surface area contributed by atoms with E-state index < -0.39 is 15.9 Å². The molecule has 0 aromatic heterocycles. The Morgan fingerprint density at radius 2 is 1.53 bits per heavy atom. The Morgan fingerprint density at radius 3 is 2.25 bits per heavy atom. The highest BCUT2D eigenvalue weighted by Crippen LogP contribution is 2.19. The molecule has 36 heavy (non-hydrogen) atoms. The first-order valence-corrected chi connectivity index (χ1v) is 12.7. The van der Waals surface area contributed by atoms with Gasteiger partial charge >= 0.3 is 0 Å². The van der Waals surface area contributed by atoms with Crippen LogP contribution in [0.4, 0.5) is 5.69 Å². The summed E-state index contributed by atoms with van der Waals surface area (Å²) in [6, 6.07) is 29.9. The van der Waals surface area contributed by atoms with Crippen molar-refractivity contribution in [2.24, 2.45) is 5.10 Å². The standard InChI is InChI=1S/C28H25N3O4S/c1-21-11-17-26(18-12-21)36(33,34)31-25-15-13-23(14-16-25)28(32)30-29-19-24-9-5-6-10-27(24)35-20-22-7-3-2-4-8-22/h2-19,31H,20H2,1H3,(H,30,32)/b29-19-. The van der Waals surface area contributed by atoms with Crippen molar-refractivity contribution in [3.8, 4) is 5.75 Å². The third-order valence-electron chi connectivity index (χ3n) is 5.26. The number of hydrazone groups is 1. The first kappa shape index (κ1) is 24.7. The van der Waals surface area contributed by atoms with E-state index in [1.54, 1.807) is 24.3 Å². The molecule has 182 valence electrons. The quantitative estimate of drug-likeness (QED) is 0.246. The Hall–Kier alpha value is -4.43. The molecule has 4 aromatic carbocycles. The summed E-state index contributed by atoms with van der Waals surface area (Å²) >= 11 is 0. The van der Waals surface area contributed by atoms with Gasteiger partial charge in [-0.05, 0) is 61.0 Å². The van der Waals surface area contributed by atoms with Gasteiger partial charge in [-0.25, -0.2) is 13.8 Å². The molecular weight excluding hydrogens is 474 g/mol. The second kappa shape index (κ2) is 11.3. The molecule has 0 fully saturated rings. The number of hydrogen-bond donors (Lipinski definition) is 2. The van der Waals surface area contributed by atoms with Crippen molar-refractivity contribution in [3.63, 3.8) is 0 Å². The fourth-order valence-corrected chi connectivity index (χ4v) is 4.36. The van der Waals surface area contributed by atoms with Gasteiger partial charge in [-0.1, -0.05) is 60.2 Å². The fraction of sp³-hybridized carbons (Fsp3) is 0.0714. The number of nitrogens with zero attached hydrogens (tertiary/aromatic N) is 1. The zero-order valence-electron chi connectivity index (χ0n) is 19.6. The van der Waals surface area contributed by atoms with E-state index in [1.165, 1.54) is 30.5 Å². The molecule has 0 saturated carbocycles. The maximum absolute atomic E-state index is 12.5. The molecule has 2 N–H and O–H groups in total. The molecule has 0 heterocycles. The van der Waals surface area contributed by atoms with Gasteiger partial charge in [0.25, 0.3) is 15.9 Å². The Kier molecular flexibility index (Phi) is 7.77. The van der Waals surface area contributed by atoms with Crippen molar-refractivity contribution in [1.29, 1.82) is 0 Å². The van der Waals surface area contributed by atoms with Gasteiger partial charge in [-0.2, -0.15) is 5.10 Å². The van der Waals surface area contributed by atoms with E-state index in [0.29, 0.717) is 23.6 Å². The summed E-state index contributed by atoms with van der Waals surface area (Å²) in [5, 5.41) is 4.05. The van der Waals surface area contributed by atoms with E-state index >= 15 is 0 Å². The van der Waals surface area contributed by atoms with Crippen LogP contribution in [0.2, 0.25) is 0 Å². The van der Waals surface area contributed by atoms with Crippen LogP contribution in [0.25, 0.3) is 0 Å². The van der Waals surface area contributed by atoms with Gasteiger partial charge in [0, 0.05) is 16.8 Å². The molecule has 1 amide bonds. The second-order valence-electron chi connectivity index (χ2n) is 8.01. The molecule has 0 aliphatic carbocycles. The average molecular weight is 500 g/mol. The lowest BCUT2D eigenvalue weighted by atomic mass is 10.2. The molecule has 4 aromatic rings. The van der Waals surface area contributed by atoms with E-state index in [4.69, 9.17) is 4.74 Å². The number of hydrogen-bond acceptors (Lipinski definition) is 5. The van der Waals surface area contributed by atoms with Crippen molar-refractivity contribution in [3.05, 3.63) is 125 Å². The van der Waals surface area contributed by atoms with Crippen molar-refractivity contribution < 1.29 is 17.9 Å². The molecule has 0 bridgehead atoms. The molecule has 0 radical (unpaired) electrons. The topological polar surface area (TPSA) is 96.9 Å². The zero-order chi connectivity index (χ0) is 25.4. The molecule has 0 spiro atoms. The number of amides is 1. The molecule has 0 aliphatic heterocycles. The van der Waals surface area contributed by atoms with Crippen LogP contribution in [-0.2, 0) is 16.6 Å². The van der Waals surface area contributed by atoms with Crippen LogP contribution in [0, 0.1) is 6.92 Å². The number of nitrogens with one attached hydrogen (secondary N) is 2. The summed E-state index contributed by atoms with van der Waals surface area (Å²) in [5.41, 5.74) is 5.89. The number of carbonyl (C=O) groups excluding carboxylic acids is 1. The van der Waals surface area contributed by atoms with Crippen LogP contribution >= 0.6 is 0 Å². The number of aryl methyl sites for hydroxylation is 1. The number of anilines is 1. The lowest BCUT2D eigenvalue weighted by Gasteiger charge is -2.09. The van der Waals surface area contributed by atoms with Crippen molar-refractivity contribution >= 4 is 27.8 Å². The fourth-order valence-electron chi connectivity index (χ4n) is 3.30. The minimum absolute atomic E-state index is 0.164. The number of benzene rings is 4. The van der Waals surface area contributed by atoms with Gasteiger partial charge < -0.3 is 4.74 Å². The molecule has 0 saturated heterocycles. The SMILES string of the molecule is Cc1ccc(S(=O)(=O)Nc2ccc(C(=O)N/N=C\c3ccccc3OCc3ccccc3)cc2)cc1. The summed E-state index contributed by atoms with van der Waals surface area (Å²) in [7, 11) is -3.72. The number of para-hydroxylation sites is 1. The Bertz CT molecular complexity index is 1450.